The van der Waals surface area contributed by atoms with Crippen LogP contribution in [-0.4, -0.2) is 0 Å². The summed E-state index contributed by atoms with van der Waals surface area (Å²) in [6.07, 6.45) is 0. The molecule has 2 heteroatoms. The van der Waals surface area contributed by atoms with Gasteiger partial charge in [-0.05, 0) is 42.2 Å². The highest BCUT2D eigenvalue weighted by Gasteiger charge is 2.06. The van der Waals surface area contributed by atoms with Gasteiger partial charge in [0.2, 0.25) is 0 Å². The maximum atomic E-state index is 5.92. The normalized spacial score (nSPS) is 10.7. The number of para-hydroxylation sites is 1. The molecule has 18 heavy (non-hydrogen) atoms. The molecule has 0 amide bonds. The smallest absolute Gasteiger partial charge is 0.153 e. The maximum absolute atomic E-state index is 5.92. The summed E-state index contributed by atoms with van der Waals surface area (Å²) in [5, 5.41) is 0. The van der Waals surface area contributed by atoms with Gasteiger partial charge in [-0.25, -0.2) is 0 Å². The van der Waals surface area contributed by atoms with Crippen LogP contribution in [0.5, 0.6) is 11.5 Å². The van der Waals surface area contributed by atoms with Crippen LogP contribution in [-0.2, 0) is 0 Å². The van der Waals surface area contributed by atoms with Crippen LogP contribution in [0.4, 0.5) is 5.69 Å². The Morgan fingerprint density at radius 1 is 1.00 bits per heavy atom. The third-order valence-electron chi connectivity index (χ3n) is 3.01. The van der Waals surface area contributed by atoms with Crippen LogP contribution in [0.3, 0.4) is 0 Å². The molecule has 0 bridgehead atoms. The number of rotatable bonds is 3. The molecule has 2 nitrogen and oxygen atoms in total. The molecule has 94 valence electrons. The fraction of sp³-hybridized carbons (Fsp3) is 0.250. The highest BCUT2D eigenvalue weighted by atomic mass is 16.5. The van der Waals surface area contributed by atoms with E-state index in [9.17, 15) is 0 Å². The Morgan fingerprint density at radius 2 is 1.67 bits per heavy atom. The fourth-order valence-corrected chi connectivity index (χ4v) is 1.85. The number of nitrogens with two attached hydrogens (primary N) is 1. The Bertz CT molecular complexity index is 509. The van der Waals surface area contributed by atoms with Gasteiger partial charge in [-0.15, -0.1) is 0 Å². The first-order chi connectivity index (χ1) is 8.58. The highest BCUT2D eigenvalue weighted by Crippen LogP contribution is 2.31. The van der Waals surface area contributed by atoms with Crippen LogP contribution in [0.15, 0.2) is 42.5 Å². The van der Waals surface area contributed by atoms with Crippen molar-refractivity contribution in [3.63, 3.8) is 0 Å². The lowest BCUT2D eigenvalue weighted by molar-refractivity contribution is 0.481. The second kappa shape index (κ2) is 5.13. The molecule has 0 saturated heterocycles. The highest BCUT2D eigenvalue weighted by molar-refractivity contribution is 5.57. The van der Waals surface area contributed by atoms with E-state index in [1.54, 1.807) is 0 Å². The van der Waals surface area contributed by atoms with Crippen LogP contribution in [0.25, 0.3) is 0 Å². The van der Waals surface area contributed by atoms with Gasteiger partial charge in [0.1, 0.15) is 5.75 Å². The topological polar surface area (TPSA) is 35.2 Å². The van der Waals surface area contributed by atoms with Crippen LogP contribution in [0.1, 0.15) is 30.9 Å². The molecule has 0 spiro atoms. The Labute approximate surface area is 108 Å². The number of anilines is 1. The van der Waals surface area contributed by atoms with E-state index in [1.807, 2.05) is 37.3 Å². The molecule has 0 aliphatic rings. The molecule has 0 radical (unpaired) electrons. The van der Waals surface area contributed by atoms with Crippen molar-refractivity contribution < 1.29 is 4.74 Å². The van der Waals surface area contributed by atoms with Crippen molar-refractivity contribution in [2.24, 2.45) is 0 Å². The minimum atomic E-state index is 0.530. The Balaban J connectivity index is 2.24. The van der Waals surface area contributed by atoms with Crippen LogP contribution in [0.2, 0.25) is 0 Å². The molecule has 0 aliphatic heterocycles. The minimum absolute atomic E-state index is 0.530. The van der Waals surface area contributed by atoms with Gasteiger partial charge in [0.25, 0.3) is 0 Å². The van der Waals surface area contributed by atoms with Crippen molar-refractivity contribution in [3.05, 3.63) is 53.6 Å². The van der Waals surface area contributed by atoms with E-state index in [1.165, 1.54) is 5.56 Å². The molecule has 2 aromatic rings. The second-order valence-corrected chi connectivity index (χ2v) is 4.82. The van der Waals surface area contributed by atoms with Crippen molar-refractivity contribution in [1.29, 1.82) is 0 Å². The van der Waals surface area contributed by atoms with Gasteiger partial charge in [0.15, 0.2) is 5.75 Å². The molecular weight excluding hydrogens is 222 g/mol. The third kappa shape index (κ3) is 2.65. The summed E-state index contributed by atoms with van der Waals surface area (Å²) in [5.41, 5.74) is 8.94. The summed E-state index contributed by atoms with van der Waals surface area (Å²) in [5.74, 6) is 2.10. The number of nitrogen functional groups attached to an aromatic ring is 1. The lowest BCUT2D eigenvalue weighted by atomic mass is 10.0. The lowest BCUT2D eigenvalue weighted by Gasteiger charge is -2.12. The zero-order valence-electron chi connectivity index (χ0n) is 11.1. The van der Waals surface area contributed by atoms with Crippen LogP contribution >= 0.6 is 0 Å². The fourth-order valence-electron chi connectivity index (χ4n) is 1.85. The molecule has 2 rings (SSSR count). The third-order valence-corrected chi connectivity index (χ3v) is 3.01. The summed E-state index contributed by atoms with van der Waals surface area (Å²) < 4.78 is 5.85. The van der Waals surface area contributed by atoms with Crippen LogP contribution in [0, 0.1) is 6.92 Å². The van der Waals surface area contributed by atoms with E-state index in [-0.39, 0.29) is 0 Å². The molecule has 0 unspecified atom stereocenters. The first kappa shape index (κ1) is 12.5. The molecule has 0 atom stereocenters. The number of aryl methyl sites for hydroxylation is 1. The van der Waals surface area contributed by atoms with Crippen molar-refractivity contribution in [2.75, 3.05) is 5.73 Å². The second-order valence-electron chi connectivity index (χ2n) is 4.82. The van der Waals surface area contributed by atoms with Crippen molar-refractivity contribution in [3.8, 4) is 11.5 Å². The van der Waals surface area contributed by atoms with Gasteiger partial charge >= 0.3 is 0 Å². The van der Waals surface area contributed by atoms with Crippen molar-refractivity contribution in [1.82, 2.24) is 0 Å². The van der Waals surface area contributed by atoms with E-state index >= 15 is 0 Å². The molecule has 0 aliphatic carbocycles. The predicted octanol–water partition coefficient (Wildman–Crippen LogP) is 4.49. The monoisotopic (exact) mass is 241 g/mol. The molecule has 0 aromatic heterocycles. The SMILES string of the molecule is Cc1cccc(N)c1Oc1ccc(C(C)C)cc1. The Hall–Kier alpha value is -1.96. The van der Waals surface area contributed by atoms with Gasteiger partial charge in [-0.1, -0.05) is 38.1 Å². The van der Waals surface area contributed by atoms with E-state index in [0.717, 1.165) is 17.1 Å². The van der Waals surface area contributed by atoms with Gasteiger partial charge in [-0.3, -0.25) is 0 Å². The zero-order valence-corrected chi connectivity index (χ0v) is 11.1. The van der Waals surface area contributed by atoms with Gasteiger partial charge in [0, 0.05) is 0 Å². The van der Waals surface area contributed by atoms with Gasteiger partial charge < -0.3 is 10.5 Å². The van der Waals surface area contributed by atoms with Crippen LogP contribution < -0.4 is 10.5 Å². The van der Waals surface area contributed by atoms with Gasteiger partial charge in [-0.2, -0.15) is 0 Å². The van der Waals surface area contributed by atoms with E-state index in [4.69, 9.17) is 10.5 Å². The molecule has 0 fully saturated rings. The molecule has 0 saturated carbocycles. The Kier molecular flexibility index (Phi) is 3.56. The average molecular weight is 241 g/mol. The molecular formula is C16H19NO. The largest absolute Gasteiger partial charge is 0.455 e. The number of hydrogen-bond acceptors (Lipinski definition) is 2. The van der Waals surface area contributed by atoms with Crippen molar-refractivity contribution in [2.45, 2.75) is 26.7 Å². The minimum Gasteiger partial charge on any atom is -0.455 e. The zero-order chi connectivity index (χ0) is 13.1. The molecule has 2 N–H and O–H groups in total. The first-order valence-electron chi connectivity index (χ1n) is 6.21. The summed E-state index contributed by atoms with van der Waals surface area (Å²) in [6.45, 7) is 6.35. The Morgan fingerprint density at radius 3 is 2.22 bits per heavy atom. The van der Waals surface area contributed by atoms with Crippen molar-refractivity contribution >= 4 is 5.69 Å². The van der Waals surface area contributed by atoms with E-state index in [0.29, 0.717) is 11.6 Å². The maximum Gasteiger partial charge on any atom is 0.153 e. The quantitative estimate of drug-likeness (QED) is 0.803. The van der Waals surface area contributed by atoms with Gasteiger partial charge in [0.05, 0.1) is 5.69 Å². The first-order valence-corrected chi connectivity index (χ1v) is 6.21. The number of benzene rings is 2. The average Bonchev–Trinajstić information content (AvgIpc) is 2.34. The molecule has 2 aromatic carbocycles. The van der Waals surface area contributed by atoms with E-state index < -0.39 is 0 Å². The standard InChI is InChI=1S/C16H19NO/c1-11(2)13-7-9-14(10-8-13)18-16-12(3)5-4-6-15(16)17/h4-11H,17H2,1-3H3. The number of ether oxygens (including phenoxy) is 1. The summed E-state index contributed by atoms with van der Waals surface area (Å²) >= 11 is 0. The predicted molar refractivity (Wildman–Crippen MR) is 76.2 cm³/mol. The summed E-state index contributed by atoms with van der Waals surface area (Å²) in [7, 11) is 0. The van der Waals surface area contributed by atoms with E-state index in [2.05, 4.69) is 26.0 Å². The molecule has 0 heterocycles. The summed E-state index contributed by atoms with van der Waals surface area (Å²) in [4.78, 5) is 0. The number of hydrogen-bond donors (Lipinski definition) is 1. The lowest BCUT2D eigenvalue weighted by Crippen LogP contribution is -1.94. The summed E-state index contributed by atoms with van der Waals surface area (Å²) in [6, 6.07) is 13.9.